The van der Waals surface area contributed by atoms with Crippen LogP contribution in [0.4, 0.5) is 4.79 Å². The molecule has 3 rings (SSSR count). The van der Waals surface area contributed by atoms with Crippen LogP contribution in [0, 0.1) is 0 Å². The number of carbonyl (C=O) groups is 2. The number of sulfonamides is 1. The molecule has 1 aliphatic rings. The van der Waals surface area contributed by atoms with Crippen LogP contribution in [-0.2, 0) is 27.8 Å². The third-order valence-corrected chi connectivity index (χ3v) is 6.66. The van der Waals surface area contributed by atoms with Crippen LogP contribution < -0.4 is 4.72 Å². The molecule has 0 saturated carbocycles. The summed E-state index contributed by atoms with van der Waals surface area (Å²) in [6.07, 6.45) is 1.04. The van der Waals surface area contributed by atoms with E-state index in [1.54, 1.807) is 18.2 Å². The molecule has 1 saturated heterocycles. The number of hydrogen-bond acceptors (Lipinski definition) is 5. The highest BCUT2D eigenvalue weighted by Crippen LogP contribution is 2.20. The smallest absolute Gasteiger partial charge is 0.410 e. The van der Waals surface area contributed by atoms with Gasteiger partial charge in [-0.2, -0.15) is 0 Å². The topological polar surface area (TPSA) is 113 Å². The normalized spacial score (nSPS) is 16.3. The molecule has 1 heterocycles. The molecule has 0 aromatic heterocycles. The van der Waals surface area contributed by atoms with Crippen LogP contribution in [0.1, 0.15) is 34.3 Å². The van der Waals surface area contributed by atoms with Gasteiger partial charge < -0.3 is 14.7 Å². The van der Waals surface area contributed by atoms with E-state index >= 15 is 0 Å². The fourth-order valence-electron chi connectivity index (χ4n) is 3.65. The average Bonchev–Trinajstić information content (AvgIpc) is 3.20. The summed E-state index contributed by atoms with van der Waals surface area (Å²) in [4.78, 5) is 25.2. The van der Waals surface area contributed by atoms with Crippen LogP contribution in [0.15, 0.2) is 54.6 Å². The Morgan fingerprint density at radius 2 is 1.81 bits per heavy atom. The van der Waals surface area contributed by atoms with Gasteiger partial charge in [-0.15, -0.1) is 0 Å². The number of rotatable bonds is 9. The van der Waals surface area contributed by atoms with Crippen molar-refractivity contribution in [2.45, 2.75) is 31.9 Å². The summed E-state index contributed by atoms with van der Waals surface area (Å²) in [5.41, 5.74) is 1.58. The van der Waals surface area contributed by atoms with Crippen molar-refractivity contribution in [2.75, 3.05) is 18.8 Å². The number of nitrogens with one attached hydrogen (secondary N) is 1. The molecule has 166 valence electrons. The summed E-state index contributed by atoms with van der Waals surface area (Å²) < 4.78 is 32.9. The lowest BCUT2D eigenvalue weighted by atomic mass is 10.1. The standard InChI is InChI=1S/C22H26N2O6S/c25-21(26)20-11-5-4-9-18(20)12-13-23-31(28,29)16-19-10-6-14-24(19)22(27)30-15-17-7-2-1-3-8-17/h1-5,7-9,11,19,23H,6,10,12-16H2,(H,25,26). The predicted octanol–water partition coefficient (Wildman–Crippen LogP) is 2.65. The van der Waals surface area contributed by atoms with E-state index < -0.39 is 28.1 Å². The minimum absolute atomic E-state index is 0.0812. The first-order valence-corrected chi connectivity index (χ1v) is 11.8. The molecule has 8 nitrogen and oxygen atoms in total. The molecule has 0 bridgehead atoms. The fourth-order valence-corrected chi connectivity index (χ4v) is 5.04. The number of carboxylic acid groups (broad SMARTS) is 1. The van der Waals surface area contributed by atoms with Gasteiger partial charge >= 0.3 is 12.1 Å². The van der Waals surface area contributed by atoms with Crippen molar-refractivity contribution in [3.8, 4) is 0 Å². The number of likely N-dealkylation sites (tertiary alicyclic amines) is 1. The highest BCUT2D eigenvalue weighted by molar-refractivity contribution is 7.89. The third-order valence-electron chi connectivity index (χ3n) is 5.19. The van der Waals surface area contributed by atoms with E-state index in [2.05, 4.69) is 4.72 Å². The van der Waals surface area contributed by atoms with Crippen LogP contribution in [0.25, 0.3) is 0 Å². The number of carboxylic acids is 1. The van der Waals surface area contributed by atoms with E-state index in [0.717, 1.165) is 5.56 Å². The van der Waals surface area contributed by atoms with Gasteiger partial charge in [0.25, 0.3) is 0 Å². The second-order valence-corrected chi connectivity index (χ2v) is 9.27. The molecule has 0 aliphatic carbocycles. The van der Waals surface area contributed by atoms with E-state index in [9.17, 15) is 23.1 Å². The molecule has 1 amide bonds. The van der Waals surface area contributed by atoms with Gasteiger partial charge in [-0.25, -0.2) is 22.7 Å². The number of amides is 1. The largest absolute Gasteiger partial charge is 0.478 e. The second kappa shape index (κ2) is 10.4. The lowest BCUT2D eigenvalue weighted by Crippen LogP contribution is -2.43. The minimum Gasteiger partial charge on any atom is -0.478 e. The van der Waals surface area contributed by atoms with Gasteiger partial charge in [-0.1, -0.05) is 48.5 Å². The molecule has 31 heavy (non-hydrogen) atoms. The Morgan fingerprint density at radius 1 is 1.10 bits per heavy atom. The summed E-state index contributed by atoms with van der Waals surface area (Å²) in [6, 6.07) is 15.3. The maximum absolute atomic E-state index is 12.5. The Labute approximate surface area is 181 Å². The fraction of sp³-hybridized carbons (Fsp3) is 0.364. The summed E-state index contributed by atoms with van der Waals surface area (Å²) in [5, 5.41) is 9.22. The average molecular weight is 447 g/mol. The maximum atomic E-state index is 12.5. The quantitative estimate of drug-likeness (QED) is 0.612. The monoisotopic (exact) mass is 446 g/mol. The number of hydrogen-bond donors (Lipinski definition) is 2. The van der Waals surface area contributed by atoms with Crippen molar-refractivity contribution in [2.24, 2.45) is 0 Å². The number of ether oxygens (including phenoxy) is 1. The number of carbonyl (C=O) groups excluding carboxylic acids is 1. The molecular formula is C22H26N2O6S. The summed E-state index contributed by atoms with van der Waals surface area (Å²) in [6.45, 7) is 0.675. The van der Waals surface area contributed by atoms with Crippen molar-refractivity contribution in [1.29, 1.82) is 0 Å². The summed E-state index contributed by atoms with van der Waals surface area (Å²) in [7, 11) is -3.65. The molecule has 1 unspecified atom stereocenters. The Hall–Kier alpha value is -2.91. The second-order valence-electron chi connectivity index (χ2n) is 7.42. The van der Waals surface area contributed by atoms with Crippen molar-refractivity contribution in [1.82, 2.24) is 9.62 Å². The third kappa shape index (κ3) is 6.53. The lowest BCUT2D eigenvalue weighted by Gasteiger charge is -2.24. The van der Waals surface area contributed by atoms with Gasteiger partial charge in [-0.05, 0) is 36.5 Å². The van der Waals surface area contributed by atoms with Crippen molar-refractivity contribution < 1.29 is 27.9 Å². The zero-order valence-corrected chi connectivity index (χ0v) is 17.9. The zero-order chi connectivity index (χ0) is 22.3. The lowest BCUT2D eigenvalue weighted by molar-refractivity contribution is 0.0695. The van der Waals surface area contributed by atoms with Gasteiger partial charge in [0.2, 0.25) is 10.0 Å². The Kier molecular flexibility index (Phi) is 7.64. The van der Waals surface area contributed by atoms with Crippen molar-refractivity contribution >= 4 is 22.1 Å². The Morgan fingerprint density at radius 3 is 2.55 bits per heavy atom. The number of benzene rings is 2. The first-order chi connectivity index (χ1) is 14.9. The van der Waals surface area contributed by atoms with Crippen LogP contribution >= 0.6 is 0 Å². The number of nitrogens with zero attached hydrogens (tertiary/aromatic N) is 1. The first-order valence-electron chi connectivity index (χ1n) is 10.1. The van der Waals surface area contributed by atoms with Crippen molar-refractivity contribution in [3.63, 3.8) is 0 Å². The van der Waals surface area contributed by atoms with Gasteiger partial charge in [0, 0.05) is 13.1 Å². The van der Waals surface area contributed by atoms with Crippen LogP contribution in [0.3, 0.4) is 0 Å². The number of aromatic carboxylic acids is 1. The van der Waals surface area contributed by atoms with Gasteiger partial charge in [0.1, 0.15) is 6.61 Å². The van der Waals surface area contributed by atoms with Crippen LogP contribution in [0.5, 0.6) is 0 Å². The van der Waals surface area contributed by atoms with E-state index in [4.69, 9.17) is 4.74 Å². The van der Waals surface area contributed by atoms with Gasteiger partial charge in [-0.3, -0.25) is 0 Å². The molecule has 2 N–H and O–H groups in total. The van der Waals surface area contributed by atoms with Gasteiger partial charge in [0.15, 0.2) is 0 Å². The summed E-state index contributed by atoms with van der Waals surface area (Å²) >= 11 is 0. The predicted molar refractivity (Wildman–Crippen MR) is 115 cm³/mol. The zero-order valence-electron chi connectivity index (χ0n) is 17.1. The van der Waals surface area contributed by atoms with E-state index in [-0.39, 0.29) is 30.9 Å². The minimum atomic E-state index is -3.65. The van der Waals surface area contributed by atoms with E-state index in [0.29, 0.717) is 24.9 Å². The van der Waals surface area contributed by atoms with E-state index in [1.165, 1.54) is 11.0 Å². The molecule has 0 spiro atoms. The maximum Gasteiger partial charge on any atom is 0.410 e. The molecule has 1 atom stereocenters. The SMILES string of the molecule is O=C(O)c1ccccc1CCNS(=O)(=O)CC1CCCN1C(=O)OCc1ccccc1. The Bertz CT molecular complexity index is 1010. The first kappa shape index (κ1) is 22.8. The van der Waals surface area contributed by atoms with Crippen LogP contribution in [0.2, 0.25) is 0 Å². The van der Waals surface area contributed by atoms with Crippen LogP contribution in [-0.4, -0.2) is 55.4 Å². The highest BCUT2D eigenvalue weighted by atomic mass is 32.2. The highest BCUT2D eigenvalue weighted by Gasteiger charge is 2.33. The molecule has 9 heteroatoms. The molecule has 1 fully saturated rings. The van der Waals surface area contributed by atoms with Crippen molar-refractivity contribution in [3.05, 3.63) is 71.3 Å². The molecule has 2 aromatic carbocycles. The molecule has 1 aliphatic heterocycles. The van der Waals surface area contributed by atoms with Gasteiger partial charge in [0.05, 0.1) is 17.4 Å². The summed E-state index contributed by atoms with van der Waals surface area (Å²) in [5.74, 6) is -1.26. The molecule has 2 aromatic rings. The Balaban J connectivity index is 1.51. The molecular weight excluding hydrogens is 420 g/mol. The van der Waals surface area contributed by atoms with E-state index in [1.807, 2.05) is 30.3 Å². The molecule has 0 radical (unpaired) electrons.